The van der Waals surface area contributed by atoms with Gasteiger partial charge in [0.25, 0.3) is 0 Å². The SMILES string of the molecule is [C-]#[N+]c1cc(S(=O)(=O)NC)ccc1NCCC. The molecule has 2 N–H and O–H groups in total. The number of hydrogen-bond acceptors (Lipinski definition) is 3. The van der Waals surface area contributed by atoms with Crippen molar-refractivity contribution in [2.75, 3.05) is 18.9 Å². The maximum absolute atomic E-state index is 11.6. The third-order valence-corrected chi connectivity index (χ3v) is 3.65. The number of hydrogen-bond donors (Lipinski definition) is 2. The molecule has 0 spiro atoms. The summed E-state index contributed by atoms with van der Waals surface area (Å²) in [6.07, 6.45) is 0.938. The van der Waals surface area contributed by atoms with Crippen molar-refractivity contribution in [3.05, 3.63) is 29.6 Å². The highest BCUT2D eigenvalue weighted by Crippen LogP contribution is 2.28. The van der Waals surface area contributed by atoms with Gasteiger partial charge >= 0.3 is 0 Å². The predicted molar refractivity (Wildman–Crippen MR) is 67.7 cm³/mol. The van der Waals surface area contributed by atoms with Crippen molar-refractivity contribution < 1.29 is 8.42 Å². The third kappa shape index (κ3) is 3.19. The average Bonchev–Trinajstić information content (AvgIpc) is 2.35. The lowest BCUT2D eigenvalue weighted by Gasteiger charge is -2.09. The molecule has 1 aromatic rings. The molecule has 0 heterocycles. The standard InChI is InChI=1S/C11H15N3O2S/c1-4-7-14-10-6-5-9(8-11(10)12-2)17(15,16)13-3/h5-6,8,13-14H,4,7H2,1,3H3. The highest BCUT2D eigenvalue weighted by molar-refractivity contribution is 7.89. The van der Waals surface area contributed by atoms with E-state index in [1.807, 2.05) is 6.92 Å². The molecule has 0 bridgehead atoms. The largest absolute Gasteiger partial charge is 0.394 e. The molecule has 1 aromatic carbocycles. The second-order valence-electron chi connectivity index (χ2n) is 3.43. The molecule has 1 rings (SSSR count). The lowest BCUT2D eigenvalue weighted by Crippen LogP contribution is -2.18. The van der Waals surface area contributed by atoms with E-state index in [1.165, 1.54) is 19.2 Å². The van der Waals surface area contributed by atoms with Gasteiger partial charge in [-0.1, -0.05) is 6.92 Å². The zero-order valence-corrected chi connectivity index (χ0v) is 10.6. The molecule has 92 valence electrons. The Labute approximate surface area is 102 Å². The van der Waals surface area contributed by atoms with Crippen molar-refractivity contribution in [2.24, 2.45) is 0 Å². The summed E-state index contributed by atoms with van der Waals surface area (Å²) < 4.78 is 25.3. The molecule has 0 unspecified atom stereocenters. The summed E-state index contributed by atoms with van der Waals surface area (Å²) in [7, 11) is -2.15. The second kappa shape index (κ2) is 5.66. The highest BCUT2D eigenvalue weighted by Gasteiger charge is 2.13. The second-order valence-corrected chi connectivity index (χ2v) is 5.31. The molecule has 0 fully saturated rings. The minimum atomic E-state index is -3.49. The van der Waals surface area contributed by atoms with Gasteiger partial charge in [0.1, 0.15) is 0 Å². The van der Waals surface area contributed by atoms with Gasteiger partial charge in [0.15, 0.2) is 0 Å². The first-order valence-corrected chi connectivity index (χ1v) is 6.72. The smallest absolute Gasteiger partial charge is 0.239 e. The van der Waals surface area contributed by atoms with Crippen LogP contribution in [0, 0.1) is 6.57 Å². The molecule has 0 aliphatic heterocycles. The lowest BCUT2D eigenvalue weighted by molar-refractivity contribution is 0.588. The summed E-state index contributed by atoms with van der Waals surface area (Å²) >= 11 is 0. The van der Waals surface area contributed by atoms with Gasteiger partial charge in [-0.05, 0) is 31.7 Å². The Hall–Kier alpha value is -1.58. The first-order chi connectivity index (χ1) is 8.05. The van der Waals surface area contributed by atoms with E-state index < -0.39 is 10.0 Å². The molecule has 0 aromatic heterocycles. The molecule has 0 aliphatic rings. The fraction of sp³-hybridized carbons (Fsp3) is 0.364. The molecule has 0 saturated heterocycles. The van der Waals surface area contributed by atoms with Crippen molar-refractivity contribution in [1.82, 2.24) is 4.72 Å². The van der Waals surface area contributed by atoms with Gasteiger partial charge < -0.3 is 5.32 Å². The molecule has 0 aliphatic carbocycles. The fourth-order valence-electron chi connectivity index (χ4n) is 1.30. The first kappa shape index (κ1) is 13.5. The molecule has 0 radical (unpaired) electrons. The van der Waals surface area contributed by atoms with Crippen LogP contribution < -0.4 is 10.0 Å². The number of nitrogens with one attached hydrogen (secondary N) is 2. The molecule has 0 amide bonds. The quantitative estimate of drug-likeness (QED) is 0.789. The molecule has 6 heteroatoms. The van der Waals surface area contributed by atoms with E-state index in [9.17, 15) is 8.42 Å². The van der Waals surface area contributed by atoms with Crippen LogP contribution in [-0.4, -0.2) is 22.0 Å². The molecular weight excluding hydrogens is 238 g/mol. The Balaban J connectivity index is 3.14. The molecule has 17 heavy (non-hydrogen) atoms. The Bertz CT molecular complexity index is 532. The number of anilines is 1. The van der Waals surface area contributed by atoms with Gasteiger partial charge in [-0.2, -0.15) is 0 Å². The summed E-state index contributed by atoms with van der Waals surface area (Å²) in [4.78, 5) is 3.43. The van der Waals surface area contributed by atoms with Gasteiger partial charge in [-0.25, -0.2) is 18.0 Å². The Morgan fingerprint density at radius 2 is 2.12 bits per heavy atom. The fourth-order valence-corrected chi connectivity index (χ4v) is 2.05. The maximum atomic E-state index is 11.6. The Kier molecular flexibility index (Phi) is 4.49. The van der Waals surface area contributed by atoms with Crippen LogP contribution in [0.5, 0.6) is 0 Å². The summed E-state index contributed by atoms with van der Waals surface area (Å²) in [5.41, 5.74) is 0.978. The topological polar surface area (TPSA) is 62.6 Å². The van der Waals surface area contributed by atoms with E-state index >= 15 is 0 Å². The number of benzene rings is 1. The minimum Gasteiger partial charge on any atom is -0.394 e. The number of nitrogens with zero attached hydrogens (tertiary/aromatic N) is 1. The van der Waals surface area contributed by atoms with Crippen molar-refractivity contribution in [3.63, 3.8) is 0 Å². The summed E-state index contributed by atoms with van der Waals surface area (Å²) in [6, 6.07) is 4.47. The normalized spacial score (nSPS) is 10.9. The van der Waals surface area contributed by atoms with Gasteiger partial charge in [0.2, 0.25) is 15.7 Å². The van der Waals surface area contributed by atoms with Crippen molar-refractivity contribution in [1.29, 1.82) is 0 Å². The van der Waals surface area contributed by atoms with E-state index in [0.29, 0.717) is 11.4 Å². The summed E-state index contributed by atoms with van der Waals surface area (Å²) in [5, 5.41) is 3.08. The van der Waals surface area contributed by atoms with Crippen LogP contribution in [-0.2, 0) is 10.0 Å². The Morgan fingerprint density at radius 1 is 1.41 bits per heavy atom. The average molecular weight is 253 g/mol. The van der Waals surface area contributed by atoms with Crippen molar-refractivity contribution in [2.45, 2.75) is 18.2 Å². The van der Waals surface area contributed by atoms with E-state index in [-0.39, 0.29) is 4.90 Å². The first-order valence-electron chi connectivity index (χ1n) is 5.24. The van der Waals surface area contributed by atoms with Crippen LogP contribution in [0.25, 0.3) is 4.85 Å². The van der Waals surface area contributed by atoms with Gasteiger partial charge in [-0.15, -0.1) is 0 Å². The molecule has 0 saturated carbocycles. The van der Waals surface area contributed by atoms with Crippen LogP contribution in [0.2, 0.25) is 0 Å². The van der Waals surface area contributed by atoms with Crippen LogP contribution >= 0.6 is 0 Å². The zero-order valence-electron chi connectivity index (χ0n) is 9.82. The van der Waals surface area contributed by atoms with Crippen molar-refractivity contribution in [3.8, 4) is 0 Å². The highest BCUT2D eigenvalue weighted by atomic mass is 32.2. The van der Waals surface area contributed by atoms with E-state index in [0.717, 1.165) is 13.0 Å². The number of rotatable bonds is 5. The van der Waals surface area contributed by atoms with E-state index in [1.54, 1.807) is 6.07 Å². The summed E-state index contributed by atoms with van der Waals surface area (Å²) in [6.45, 7) is 9.82. The predicted octanol–water partition coefficient (Wildman–Crippen LogP) is 1.97. The monoisotopic (exact) mass is 253 g/mol. The minimum absolute atomic E-state index is 0.105. The van der Waals surface area contributed by atoms with Crippen LogP contribution in [0.4, 0.5) is 11.4 Å². The maximum Gasteiger partial charge on any atom is 0.239 e. The Morgan fingerprint density at radius 3 is 2.65 bits per heavy atom. The van der Waals surface area contributed by atoms with Gasteiger partial charge in [-0.3, -0.25) is 0 Å². The van der Waals surface area contributed by atoms with Crippen molar-refractivity contribution >= 4 is 21.4 Å². The number of sulfonamides is 1. The summed E-state index contributed by atoms with van der Waals surface area (Å²) in [5.74, 6) is 0. The lowest BCUT2D eigenvalue weighted by atomic mass is 10.2. The van der Waals surface area contributed by atoms with Gasteiger partial charge in [0, 0.05) is 12.2 Å². The van der Waals surface area contributed by atoms with Crippen LogP contribution in [0.1, 0.15) is 13.3 Å². The molecular formula is C11H15N3O2S. The third-order valence-electron chi connectivity index (χ3n) is 2.23. The van der Waals surface area contributed by atoms with Crippen LogP contribution in [0.15, 0.2) is 23.1 Å². The van der Waals surface area contributed by atoms with Crippen LogP contribution in [0.3, 0.4) is 0 Å². The van der Waals surface area contributed by atoms with Gasteiger partial charge in [0.05, 0.1) is 11.5 Å². The zero-order chi connectivity index (χ0) is 12.9. The molecule has 0 atom stereocenters. The molecule has 5 nitrogen and oxygen atoms in total. The van der Waals surface area contributed by atoms with E-state index in [4.69, 9.17) is 6.57 Å². The van der Waals surface area contributed by atoms with E-state index in [2.05, 4.69) is 14.9 Å².